The number of nitrogens with zero attached hydrogens (tertiary/aromatic N) is 6. The molecule has 6 rings (SSSR count). The molecule has 0 saturated carbocycles. The summed E-state index contributed by atoms with van der Waals surface area (Å²) < 4.78 is 20.3. The minimum absolute atomic E-state index is 0.116. The Morgan fingerprint density at radius 2 is 1.78 bits per heavy atom. The van der Waals surface area contributed by atoms with Gasteiger partial charge in [0.15, 0.2) is 5.52 Å². The molecular formula is C29H31FN8O3. The van der Waals surface area contributed by atoms with E-state index in [9.17, 15) is 14.5 Å². The van der Waals surface area contributed by atoms with Crippen molar-refractivity contribution in [2.75, 3.05) is 36.8 Å². The number of benzene rings is 3. The lowest BCUT2D eigenvalue weighted by Crippen LogP contribution is -2.40. The molecule has 1 aliphatic heterocycles. The van der Waals surface area contributed by atoms with Gasteiger partial charge in [0.05, 0.1) is 28.2 Å². The van der Waals surface area contributed by atoms with Crippen molar-refractivity contribution in [2.45, 2.75) is 38.3 Å². The van der Waals surface area contributed by atoms with Gasteiger partial charge in [0.25, 0.3) is 0 Å². The first-order valence-electron chi connectivity index (χ1n) is 13.9. The van der Waals surface area contributed by atoms with E-state index in [0.717, 1.165) is 74.4 Å². The van der Waals surface area contributed by atoms with E-state index >= 15 is 0 Å². The first-order chi connectivity index (χ1) is 20.0. The van der Waals surface area contributed by atoms with Gasteiger partial charge in [-0.3, -0.25) is 10.1 Å². The molecule has 0 unspecified atom stereocenters. The molecule has 0 radical (unpaired) electrons. The Morgan fingerprint density at radius 1 is 1.00 bits per heavy atom. The number of rotatable bonds is 11. The first-order valence-corrected chi connectivity index (χ1v) is 13.9. The van der Waals surface area contributed by atoms with Crippen LogP contribution in [0, 0.1) is 15.9 Å². The highest BCUT2D eigenvalue weighted by atomic mass is 19.1. The van der Waals surface area contributed by atoms with Crippen LogP contribution in [-0.4, -0.2) is 61.9 Å². The molecule has 212 valence electrons. The van der Waals surface area contributed by atoms with Gasteiger partial charge in [-0.15, -0.1) is 0 Å². The van der Waals surface area contributed by atoms with Crippen molar-refractivity contribution in [3.05, 3.63) is 82.2 Å². The zero-order valence-corrected chi connectivity index (χ0v) is 22.5. The molecule has 1 saturated heterocycles. The molecule has 3 aromatic carbocycles. The lowest BCUT2D eigenvalue weighted by molar-refractivity contribution is -0.383. The van der Waals surface area contributed by atoms with Crippen LogP contribution < -0.4 is 10.6 Å². The first kappa shape index (κ1) is 26.6. The number of hydrogen-bond donors (Lipinski definition) is 2. The smallest absolute Gasteiger partial charge is 0.300 e. The quantitative estimate of drug-likeness (QED) is 0.124. The Morgan fingerprint density at radius 3 is 2.59 bits per heavy atom. The van der Waals surface area contributed by atoms with Gasteiger partial charge in [-0.25, -0.2) is 14.0 Å². The van der Waals surface area contributed by atoms with Crippen molar-refractivity contribution in [1.29, 1.82) is 0 Å². The average Bonchev–Trinajstić information content (AvgIpc) is 3.60. The van der Waals surface area contributed by atoms with Gasteiger partial charge in [-0.2, -0.15) is 0 Å². The molecule has 2 aromatic heterocycles. The molecule has 12 heteroatoms. The Balaban J connectivity index is 0.982. The molecule has 0 aliphatic carbocycles. The summed E-state index contributed by atoms with van der Waals surface area (Å²) in [4.78, 5) is 18.0. The molecule has 1 aliphatic rings. The predicted octanol–water partition coefficient (Wildman–Crippen LogP) is 5.44. The number of piperidine rings is 1. The number of para-hydroxylation sites is 2. The van der Waals surface area contributed by atoms with Crippen LogP contribution in [-0.2, 0) is 6.54 Å². The van der Waals surface area contributed by atoms with Crippen molar-refractivity contribution < 1.29 is 13.9 Å². The maximum absolute atomic E-state index is 13.4. The van der Waals surface area contributed by atoms with E-state index in [0.29, 0.717) is 23.8 Å². The van der Waals surface area contributed by atoms with Crippen LogP contribution in [0.2, 0.25) is 0 Å². The largest absolute Gasteiger partial charge is 0.383 e. The number of nitro groups is 1. The average molecular weight is 559 g/mol. The highest BCUT2D eigenvalue weighted by Gasteiger charge is 2.22. The molecule has 0 bridgehead atoms. The summed E-state index contributed by atoms with van der Waals surface area (Å²) in [6, 6.07) is 18.1. The zero-order valence-electron chi connectivity index (χ0n) is 22.5. The van der Waals surface area contributed by atoms with E-state index in [-0.39, 0.29) is 17.0 Å². The van der Waals surface area contributed by atoms with E-state index in [2.05, 4.69) is 36.5 Å². The van der Waals surface area contributed by atoms with Crippen molar-refractivity contribution in [3.8, 4) is 0 Å². The highest BCUT2D eigenvalue weighted by Crippen LogP contribution is 2.29. The Kier molecular flexibility index (Phi) is 7.72. The molecule has 11 nitrogen and oxygen atoms in total. The molecule has 1 fully saturated rings. The van der Waals surface area contributed by atoms with Crippen LogP contribution in [0.25, 0.3) is 22.1 Å². The summed E-state index contributed by atoms with van der Waals surface area (Å²) in [5, 5.41) is 25.7. The molecule has 0 atom stereocenters. The van der Waals surface area contributed by atoms with Crippen molar-refractivity contribution in [2.24, 2.45) is 0 Å². The topological polar surface area (TPSA) is 127 Å². The number of imidazole rings is 1. The Labute approximate surface area is 235 Å². The number of likely N-dealkylation sites (tertiary alicyclic amines) is 1. The summed E-state index contributed by atoms with van der Waals surface area (Å²) in [5.74, 6) is 0.614. The summed E-state index contributed by atoms with van der Waals surface area (Å²) in [7, 11) is 0. The third-order valence-corrected chi connectivity index (χ3v) is 7.64. The molecular weight excluding hydrogens is 527 g/mol. The minimum Gasteiger partial charge on any atom is -0.383 e. The van der Waals surface area contributed by atoms with Gasteiger partial charge >= 0.3 is 5.69 Å². The highest BCUT2D eigenvalue weighted by molar-refractivity contribution is 5.93. The van der Waals surface area contributed by atoms with Gasteiger partial charge in [0.1, 0.15) is 5.82 Å². The third-order valence-electron chi connectivity index (χ3n) is 7.64. The summed E-state index contributed by atoms with van der Waals surface area (Å²) in [6.07, 6.45) is 4.04. The van der Waals surface area contributed by atoms with E-state index in [4.69, 9.17) is 9.61 Å². The van der Waals surface area contributed by atoms with Crippen LogP contribution >= 0.6 is 0 Å². The Hall–Kier alpha value is -4.58. The summed E-state index contributed by atoms with van der Waals surface area (Å²) in [6.45, 7) is 4.38. The summed E-state index contributed by atoms with van der Waals surface area (Å²) >= 11 is 0. The maximum atomic E-state index is 13.4. The number of unbranched alkanes of at least 4 members (excludes halogenated alkanes) is 1. The van der Waals surface area contributed by atoms with Crippen molar-refractivity contribution >= 4 is 39.4 Å². The van der Waals surface area contributed by atoms with Gasteiger partial charge in [0, 0.05) is 31.7 Å². The van der Waals surface area contributed by atoms with E-state index in [1.54, 1.807) is 6.07 Å². The predicted molar refractivity (Wildman–Crippen MR) is 155 cm³/mol. The number of halogens is 1. The fourth-order valence-electron chi connectivity index (χ4n) is 5.43. The van der Waals surface area contributed by atoms with Crippen LogP contribution in [0.4, 0.5) is 21.7 Å². The zero-order chi connectivity index (χ0) is 28.2. The minimum atomic E-state index is -0.487. The van der Waals surface area contributed by atoms with Crippen molar-refractivity contribution in [1.82, 2.24) is 24.8 Å². The van der Waals surface area contributed by atoms with Crippen LogP contribution in [0.3, 0.4) is 0 Å². The number of nitrogens with one attached hydrogen (secondary N) is 2. The van der Waals surface area contributed by atoms with E-state index < -0.39 is 4.92 Å². The van der Waals surface area contributed by atoms with Gasteiger partial charge in [-0.05, 0) is 78.4 Å². The fraction of sp³-hybridized carbons (Fsp3) is 0.345. The normalized spacial score (nSPS) is 14.6. The van der Waals surface area contributed by atoms with Crippen molar-refractivity contribution in [3.63, 3.8) is 0 Å². The van der Waals surface area contributed by atoms with E-state index in [1.807, 2.05) is 30.3 Å². The number of non-ortho nitro benzene ring substituents is 1. The second-order valence-electron chi connectivity index (χ2n) is 10.4. The van der Waals surface area contributed by atoms with Gasteiger partial charge in [-0.1, -0.05) is 24.3 Å². The van der Waals surface area contributed by atoms with Crippen LogP contribution in [0.1, 0.15) is 31.2 Å². The molecule has 3 heterocycles. The molecule has 0 spiro atoms. The standard InChI is InChI=1S/C29H31FN8O3/c30-21-9-7-20(8-10-21)19-37-25-6-2-1-5-23(25)33-29(37)32-22-13-17-36(18-14-22)16-4-3-15-31-24-11-12-26(38(39)40)28-27(24)34-41-35-28/h1-2,5-12,22,31H,3-4,13-19H2,(H,32,33). The van der Waals surface area contributed by atoms with Gasteiger partial charge in [0.2, 0.25) is 11.5 Å². The van der Waals surface area contributed by atoms with Gasteiger partial charge < -0.3 is 20.1 Å². The number of hydrogen-bond acceptors (Lipinski definition) is 9. The summed E-state index contributed by atoms with van der Waals surface area (Å²) in [5.41, 5.74) is 4.12. The Bertz CT molecular complexity index is 1640. The number of anilines is 2. The van der Waals surface area contributed by atoms with Crippen LogP contribution in [0.5, 0.6) is 0 Å². The molecule has 2 N–H and O–H groups in total. The third kappa shape index (κ3) is 5.97. The second-order valence-corrected chi connectivity index (χ2v) is 10.4. The number of aromatic nitrogens is 4. The van der Waals surface area contributed by atoms with E-state index in [1.165, 1.54) is 18.2 Å². The molecule has 5 aromatic rings. The molecule has 0 amide bonds. The maximum Gasteiger partial charge on any atom is 0.300 e. The second kappa shape index (κ2) is 11.9. The van der Waals surface area contributed by atoms with Crippen LogP contribution in [0.15, 0.2) is 65.3 Å². The SMILES string of the molecule is O=[N+]([O-])c1ccc(NCCCCN2CCC(Nc3nc4ccccc4n3Cc3ccc(F)cc3)CC2)c2nonc12. The fourth-order valence-corrected chi connectivity index (χ4v) is 5.43. The monoisotopic (exact) mass is 558 g/mol. The lowest BCUT2D eigenvalue weighted by Gasteiger charge is -2.32. The number of nitro benzene ring substituents is 1. The number of fused-ring (bicyclic) bond motifs is 2. The lowest BCUT2D eigenvalue weighted by atomic mass is 10.0. The molecule has 41 heavy (non-hydrogen) atoms.